The Balaban J connectivity index is 1.94. The van der Waals surface area contributed by atoms with Crippen LogP contribution in [0.5, 0.6) is 0 Å². The van der Waals surface area contributed by atoms with E-state index in [1.807, 2.05) is 30.3 Å². The first-order chi connectivity index (χ1) is 11.5. The molecule has 0 radical (unpaired) electrons. The predicted octanol–water partition coefficient (Wildman–Crippen LogP) is 3.29. The van der Waals surface area contributed by atoms with Gasteiger partial charge in [0.15, 0.2) is 4.80 Å². The van der Waals surface area contributed by atoms with Gasteiger partial charge < -0.3 is 4.57 Å². The molecular weight excluding hydrogens is 326 g/mol. The van der Waals surface area contributed by atoms with E-state index in [-0.39, 0.29) is 11.6 Å². The number of nitro groups is 1. The minimum atomic E-state index is -0.441. The predicted molar refractivity (Wildman–Crippen MR) is 93.5 cm³/mol. The number of thiazole rings is 1. The second kappa shape index (κ2) is 6.59. The quantitative estimate of drug-likeness (QED) is 0.417. The summed E-state index contributed by atoms with van der Waals surface area (Å²) in [6.45, 7) is 0. The summed E-state index contributed by atoms with van der Waals surface area (Å²) in [4.78, 5) is 27.0. The molecule has 0 fully saturated rings. The number of carbonyl (C=O) groups excluding carboxylic acids is 1. The van der Waals surface area contributed by atoms with Crippen LogP contribution in [0.1, 0.15) is 5.56 Å². The summed E-state index contributed by atoms with van der Waals surface area (Å²) in [7, 11) is 1.78. The second-order valence-electron chi connectivity index (χ2n) is 5.05. The van der Waals surface area contributed by atoms with E-state index in [4.69, 9.17) is 0 Å². The summed E-state index contributed by atoms with van der Waals surface area (Å²) >= 11 is 1.24. The molecule has 0 N–H and O–H groups in total. The number of aromatic nitrogens is 1. The lowest BCUT2D eigenvalue weighted by molar-refractivity contribution is -0.384. The fourth-order valence-electron chi connectivity index (χ4n) is 2.21. The number of hydrogen-bond acceptors (Lipinski definition) is 4. The number of aryl methyl sites for hydroxylation is 1. The first-order valence-electron chi connectivity index (χ1n) is 7.10. The number of amides is 1. The van der Waals surface area contributed by atoms with Gasteiger partial charge in [0.25, 0.3) is 11.6 Å². The summed E-state index contributed by atoms with van der Waals surface area (Å²) in [5, 5.41) is 10.9. The van der Waals surface area contributed by atoms with Crippen molar-refractivity contribution >= 4 is 39.2 Å². The highest BCUT2D eigenvalue weighted by molar-refractivity contribution is 7.16. The Hall–Kier alpha value is -3.06. The van der Waals surface area contributed by atoms with Crippen molar-refractivity contribution in [1.29, 1.82) is 0 Å². The maximum Gasteiger partial charge on any atom is 0.272 e. The maximum atomic E-state index is 12.0. The van der Waals surface area contributed by atoms with Crippen LogP contribution in [-0.4, -0.2) is 15.4 Å². The van der Waals surface area contributed by atoms with Gasteiger partial charge in [-0.1, -0.05) is 41.7 Å². The van der Waals surface area contributed by atoms with Crippen LogP contribution in [0, 0.1) is 10.1 Å². The fourth-order valence-corrected chi connectivity index (χ4v) is 3.26. The van der Waals surface area contributed by atoms with Crippen molar-refractivity contribution in [3.8, 4) is 0 Å². The lowest BCUT2D eigenvalue weighted by atomic mass is 10.2. The fraction of sp³-hybridized carbons (Fsp3) is 0.0588. The van der Waals surface area contributed by atoms with Crippen LogP contribution in [0.3, 0.4) is 0 Å². The van der Waals surface area contributed by atoms with E-state index < -0.39 is 4.92 Å². The smallest absolute Gasteiger partial charge is 0.272 e. The van der Waals surface area contributed by atoms with Crippen molar-refractivity contribution in [3.63, 3.8) is 0 Å². The molecular formula is C17H13N3O3S. The van der Waals surface area contributed by atoms with Crippen LogP contribution in [0.4, 0.5) is 5.69 Å². The molecule has 1 heterocycles. The van der Waals surface area contributed by atoms with Crippen molar-refractivity contribution in [2.24, 2.45) is 12.0 Å². The molecule has 0 aliphatic carbocycles. The molecule has 0 atom stereocenters. The van der Waals surface area contributed by atoms with Crippen LogP contribution in [0.2, 0.25) is 0 Å². The molecule has 3 rings (SSSR count). The zero-order valence-corrected chi connectivity index (χ0v) is 13.6. The maximum absolute atomic E-state index is 12.0. The number of rotatable bonds is 3. The second-order valence-corrected chi connectivity index (χ2v) is 6.06. The Labute approximate surface area is 141 Å². The van der Waals surface area contributed by atoms with Gasteiger partial charge in [-0.25, -0.2) is 0 Å². The summed E-state index contributed by atoms with van der Waals surface area (Å²) in [6.07, 6.45) is 3.10. The molecule has 1 aromatic heterocycles. The SMILES string of the molecule is Cn1c(=NC(=O)/C=C/c2ccccc2)sc2cc([N+](=O)[O-])ccc21. The zero-order valence-electron chi connectivity index (χ0n) is 12.7. The normalized spacial score (nSPS) is 12.1. The molecule has 0 saturated heterocycles. The number of non-ortho nitro benzene ring substituents is 1. The Morgan fingerprint density at radius 1 is 1.25 bits per heavy atom. The lowest BCUT2D eigenvalue weighted by Crippen LogP contribution is -2.12. The molecule has 0 aliphatic heterocycles. The minimum Gasteiger partial charge on any atom is -0.319 e. The van der Waals surface area contributed by atoms with Crippen LogP contribution >= 0.6 is 11.3 Å². The van der Waals surface area contributed by atoms with Gasteiger partial charge in [0.1, 0.15) is 0 Å². The minimum absolute atomic E-state index is 0.0196. The van der Waals surface area contributed by atoms with Gasteiger partial charge in [-0.15, -0.1) is 0 Å². The van der Waals surface area contributed by atoms with Crippen LogP contribution in [-0.2, 0) is 11.8 Å². The van der Waals surface area contributed by atoms with Gasteiger partial charge >= 0.3 is 0 Å². The number of fused-ring (bicyclic) bond motifs is 1. The van der Waals surface area contributed by atoms with Gasteiger partial charge in [0.2, 0.25) is 0 Å². The van der Waals surface area contributed by atoms with Gasteiger partial charge in [-0.3, -0.25) is 14.9 Å². The number of benzene rings is 2. The highest BCUT2D eigenvalue weighted by Gasteiger charge is 2.10. The number of hydrogen-bond donors (Lipinski definition) is 0. The molecule has 0 saturated carbocycles. The molecule has 6 nitrogen and oxygen atoms in total. The van der Waals surface area contributed by atoms with E-state index in [1.54, 1.807) is 23.8 Å². The van der Waals surface area contributed by atoms with Crippen LogP contribution in [0.25, 0.3) is 16.3 Å². The highest BCUT2D eigenvalue weighted by Crippen LogP contribution is 2.22. The van der Waals surface area contributed by atoms with Crippen molar-refractivity contribution in [1.82, 2.24) is 4.57 Å². The molecule has 7 heteroatoms. The van der Waals surface area contributed by atoms with E-state index in [2.05, 4.69) is 4.99 Å². The van der Waals surface area contributed by atoms with E-state index in [9.17, 15) is 14.9 Å². The first kappa shape index (κ1) is 15.8. The first-order valence-corrected chi connectivity index (χ1v) is 7.92. The van der Waals surface area contributed by atoms with Crippen molar-refractivity contribution in [2.75, 3.05) is 0 Å². The third kappa shape index (κ3) is 3.31. The molecule has 3 aromatic rings. The molecule has 0 bridgehead atoms. The van der Waals surface area contributed by atoms with Crippen molar-refractivity contribution < 1.29 is 9.72 Å². The molecule has 120 valence electrons. The summed E-state index contributed by atoms with van der Waals surface area (Å²) < 4.78 is 2.46. The van der Waals surface area contributed by atoms with Crippen LogP contribution in [0.15, 0.2) is 59.6 Å². The van der Waals surface area contributed by atoms with Crippen molar-refractivity contribution in [3.05, 3.63) is 75.1 Å². The molecule has 2 aromatic carbocycles. The third-order valence-electron chi connectivity index (χ3n) is 3.43. The van der Waals surface area contributed by atoms with Gasteiger partial charge in [-0.05, 0) is 17.7 Å². The number of nitro benzene ring substituents is 1. The summed E-state index contributed by atoms with van der Waals surface area (Å²) in [5.74, 6) is -0.379. The Kier molecular flexibility index (Phi) is 4.35. The number of carbonyl (C=O) groups is 1. The summed E-state index contributed by atoms with van der Waals surface area (Å²) in [5.41, 5.74) is 1.73. The summed E-state index contributed by atoms with van der Waals surface area (Å²) in [6, 6.07) is 14.1. The van der Waals surface area contributed by atoms with Crippen molar-refractivity contribution in [2.45, 2.75) is 0 Å². The van der Waals surface area contributed by atoms with Gasteiger partial charge in [-0.2, -0.15) is 4.99 Å². The Bertz CT molecular complexity index is 1020. The Morgan fingerprint density at radius 3 is 2.71 bits per heavy atom. The average Bonchev–Trinajstić information content (AvgIpc) is 2.89. The topological polar surface area (TPSA) is 77.5 Å². The molecule has 0 unspecified atom stereocenters. The largest absolute Gasteiger partial charge is 0.319 e. The average molecular weight is 339 g/mol. The lowest BCUT2D eigenvalue weighted by Gasteiger charge is -1.94. The highest BCUT2D eigenvalue weighted by atomic mass is 32.1. The Morgan fingerprint density at radius 2 is 2.00 bits per heavy atom. The van der Waals surface area contributed by atoms with Gasteiger partial charge in [0, 0.05) is 25.3 Å². The molecule has 24 heavy (non-hydrogen) atoms. The third-order valence-corrected chi connectivity index (χ3v) is 4.52. The molecule has 0 aliphatic rings. The van der Waals surface area contributed by atoms with E-state index in [0.717, 1.165) is 11.1 Å². The zero-order chi connectivity index (χ0) is 17.1. The van der Waals surface area contributed by atoms with E-state index in [1.165, 1.54) is 29.5 Å². The number of nitrogens with zero attached hydrogens (tertiary/aromatic N) is 3. The molecule has 1 amide bonds. The molecule has 0 spiro atoms. The van der Waals surface area contributed by atoms with E-state index in [0.29, 0.717) is 9.50 Å². The van der Waals surface area contributed by atoms with E-state index >= 15 is 0 Å². The van der Waals surface area contributed by atoms with Gasteiger partial charge in [0.05, 0.1) is 15.1 Å². The standard InChI is InChI=1S/C17H13N3O3S/c1-19-14-9-8-13(20(22)23)11-15(14)24-17(19)18-16(21)10-7-12-5-3-2-4-6-12/h2-11H,1H3/b10-7+,18-17?. The monoisotopic (exact) mass is 339 g/mol. The van der Waals surface area contributed by atoms with Crippen LogP contribution < -0.4 is 4.80 Å².